The number of rotatable bonds is 7. The summed E-state index contributed by atoms with van der Waals surface area (Å²) in [7, 11) is 0. The van der Waals surface area contributed by atoms with Crippen LogP contribution in [0.2, 0.25) is 0 Å². The normalized spacial score (nSPS) is 30.9. The fraction of sp³-hybridized carbons (Fsp3) is 0.947. The minimum Gasteiger partial charge on any atom is -0.376 e. The van der Waals surface area contributed by atoms with Crippen molar-refractivity contribution in [3.63, 3.8) is 0 Å². The zero-order chi connectivity index (χ0) is 17.3. The van der Waals surface area contributed by atoms with Crippen LogP contribution in [0.4, 0.5) is 0 Å². The standard InChI is InChI=1S/C19H37N5O/c1-2-20-19(21-9-14-25-18-7-5-3-4-6-8-18)22-15-17-16-23-10-12-24(17)13-11-23/h17-18H,2-16H2,1H3,(H2,20,21,22). The largest absolute Gasteiger partial charge is 0.376 e. The van der Waals surface area contributed by atoms with Gasteiger partial charge in [0, 0.05) is 51.9 Å². The minimum atomic E-state index is 0.475. The summed E-state index contributed by atoms with van der Waals surface area (Å²) in [6.07, 6.45) is 8.37. The quantitative estimate of drug-likeness (QED) is 0.313. The number of nitrogens with one attached hydrogen (secondary N) is 2. The van der Waals surface area contributed by atoms with Crippen molar-refractivity contribution in [1.29, 1.82) is 0 Å². The fourth-order valence-electron chi connectivity index (χ4n) is 4.24. The molecule has 0 aromatic heterocycles. The van der Waals surface area contributed by atoms with Gasteiger partial charge in [-0.2, -0.15) is 0 Å². The second kappa shape index (κ2) is 10.3. The molecule has 0 radical (unpaired) electrons. The number of hydrogen-bond donors (Lipinski definition) is 2. The minimum absolute atomic E-state index is 0.475. The highest BCUT2D eigenvalue weighted by Crippen LogP contribution is 2.19. The summed E-state index contributed by atoms with van der Waals surface area (Å²) in [5, 5.41) is 6.81. The van der Waals surface area contributed by atoms with E-state index in [1.54, 1.807) is 0 Å². The third kappa shape index (κ3) is 6.12. The number of nitrogens with zero attached hydrogens (tertiary/aromatic N) is 3. The molecule has 0 spiro atoms. The lowest BCUT2D eigenvalue weighted by molar-refractivity contribution is 0.0174. The first-order valence-corrected chi connectivity index (χ1v) is 10.5. The predicted octanol–water partition coefficient (Wildman–Crippen LogP) is 1.28. The summed E-state index contributed by atoms with van der Waals surface area (Å²) in [4.78, 5) is 10.00. The Kier molecular flexibility index (Phi) is 7.82. The van der Waals surface area contributed by atoms with Crippen molar-refractivity contribution in [3.05, 3.63) is 0 Å². The van der Waals surface area contributed by atoms with E-state index >= 15 is 0 Å². The Morgan fingerprint density at radius 1 is 1.04 bits per heavy atom. The molecule has 0 aromatic rings. The third-order valence-electron chi connectivity index (χ3n) is 5.75. The zero-order valence-corrected chi connectivity index (χ0v) is 16.0. The Morgan fingerprint density at radius 3 is 2.44 bits per heavy atom. The molecule has 3 aliphatic heterocycles. The zero-order valence-electron chi connectivity index (χ0n) is 16.0. The van der Waals surface area contributed by atoms with E-state index < -0.39 is 0 Å². The highest BCUT2D eigenvalue weighted by molar-refractivity contribution is 5.79. The van der Waals surface area contributed by atoms with Crippen LogP contribution >= 0.6 is 0 Å². The maximum Gasteiger partial charge on any atom is 0.191 e. The number of piperazine rings is 3. The van der Waals surface area contributed by atoms with Gasteiger partial charge >= 0.3 is 0 Å². The van der Waals surface area contributed by atoms with E-state index in [4.69, 9.17) is 9.73 Å². The highest BCUT2D eigenvalue weighted by atomic mass is 16.5. The van der Waals surface area contributed by atoms with Gasteiger partial charge in [-0.15, -0.1) is 0 Å². The molecule has 2 N–H and O–H groups in total. The third-order valence-corrected chi connectivity index (χ3v) is 5.75. The average molecular weight is 352 g/mol. The summed E-state index contributed by atoms with van der Waals surface area (Å²) in [5.41, 5.74) is 0. The van der Waals surface area contributed by atoms with Crippen LogP contribution in [-0.2, 0) is 4.74 Å². The van der Waals surface area contributed by atoms with Gasteiger partial charge in [0.25, 0.3) is 0 Å². The van der Waals surface area contributed by atoms with E-state index in [0.717, 1.165) is 32.2 Å². The Hall–Kier alpha value is -0.850. The van der Waals surface area contributed by atoms with Gasteiger partial charge in [-0.25, -0.2) is 0 Å². The summed E-state index contributed by atoms with van der Waals surface area (Å²) < 4.78 is 6.07. The van der Waals surface area contributed by atoms with Gasteiger partial charge in [0.05, 0.1) is 19.3 Å². The molecule has 1 atom stereocenters. The van der Waals surface area contributed by atoms with E-state index in [0.29, 0.717) is 12.1 Å². The molecule has 4 aliphatic rings. The van der Waals surface area contributed by atoms with Gasteiger partial charge in [-0.3, -0.25) is 14.8 Å². The van der Waals surface area contributed by atoms with Crippen molar-refractivity contribution in [2.45, 2.75) is 57.6 Å². The SMILES string of the molecule is CCNC(=NCC1CN2CCN1CC2)NCCOC1CCCCCC1. The van der Waals surface area contributed by atoms with Crippen LogP contribution in [0, 0.1) is 0 Å². The Bertz CT molecular complexity index is 401. The molecule has 2 bridgehead atoms. The predicted molar refractivity (Wildman–Crippen MR) is 103 cm³/mol. The molecule has 3 heterocycles. The second-order valence-corrected chi connectivity index (χ2v) is 7.62. The number of hydrogen-bond acceptors (Lipinski definition) is 4. The lowest BCUT2D eigenvalue weighted by Crippen LogP contribution is -2.62. The van der Waals surface area contributed by atoms with Crippen LogP contribution in [0.15, 0.2) is 4.99 Å². The molecule has 0 amide bonds. The fourth-order valence-corrected chi connectivity index (χ4v) is 4.24. The number of ether oxygens (including phenoxy) is 1. The molecule has 6 heteroatoms. The van der Waals surface area contributed by atoms with Crippen molar-refractivity contribution in [1.82, 2.24) is 20.4 Å². The molecule has 1 unspecified atom stereocenters. The van der Waals surface area contributed by atoms with E-state index in [9.17, 15) is 0 Å². The summed E-state index contributed by atoms with van der Waals surface area (Å²) in [6, 6.07) is 0.584. The van der Waals surface area contributed by atoms with Crippen LogP contribution in [-0.4, -0.2) is 86.9 Å². The molecule has 4 rings (SSSR count). The van der Waals surface area contributed by atoms with Crippen molar-refractivity contribution < 1.29 is 4.74 Å². The lowest BCUT2D eigenvalue weighted by atomic mass is 10.1. The molecule has 25 heavy (non-hydrogen) atoms. The lowest BCUT2D eigenvalue weighted by Gasteiger charge is -2.47. The van der Waals surface area contributed by atoms with Crippen molar-refractivity contribution >= 4 is 5.96 Å². The number of fused-ring (bicyclic) bond motifs is 3. The van der Waals surface area contributed by atoms with Gasteiger partial charge in [0.15, 0.2) is 5.96 Å². The molecule has 144 valence electrons. The van der Waals surface area contributed by atoms with Gasteiger partial charge in [-0.1, -0.05) is 25.7 Å². The molecule has 1 saturated carbocycles. The van der Waals surface area contributed by atoms with Crippen molar-refractivity contribution in [3.8, 4) is 0 Å². The summed E-state index contributed by atoms with van der Waals surface area (Å²) >= 11 is 0. The molecular weight excluding hydrogens is 314 g/mol. The van der Waals surface area contributed by atoms with Crippen LogP contribution < -0.4 is 10.6 Å². The summed E-state index contributed by atoms with van der Waals surface area (Å²) in [6.45, 7) is 11.6. The van der Waals surface area contributed by atoms with Crippen molar-refractivity contribution in [2.75, 3.05) is 59.0 Å². The van der Waals surface area contributed by atoms with Crippen LogP contribution in [0.5, 0.6) is 0 Å². The summed E-state index contributed by atoms with van der Waals surface area (Å²) in [5.74, 6) is 0.935. The van der Waals surface area contributed by atoms with Crippen LogP contribution in [0.1, 0.15) is 45.4 Å². The molecule has 1 aliphatic carbocycles. The number of aliphatic imine (C=N–C) groups is 1. The smallest absolute Gasteiger partial charge is 0.191 e. The molecule has 6 nitrogen and oxygen atoms in total. The van der Waals surface area contributed by atoms with E-state index in [1.165, 1.54) is 71.2 Å². The van der Waals surface area contributed by atoms with E-state index in [2.05, 4.69) is 27.4 Å². The van der Waals surface area contributed by atoms with E-state index in [1.807, 2.05) is 0 Å². The van der Waals surface area contributed by atoms with Gasteiger partial charge < -0.3 is 15.4 Å². The van der Waals surface area contributed by atoms with Crippen molar-refractivity contribution in [2.24, 2.45) is 4.99 Å². The van der Waals surface area contributed by atoms with Crippen LogP contribution in [0.25, 0.3) is 0 Å². The molecule has 3 saturated heterocycles. The van der Waals surface area contributed by atoms with Gasteiger partial charge in [0.2, 0.25) is 0 Å². The number of guanidine groups is 1. The Labute approximate surface area is 153 Å². The average Bonchev–Trinajstić information content (AvgIpc) is 2.93. The maximum atomic E-state index is 6.07. The maximum absolute atomic E-state index is 6.07. The van der Waals surface area contributed by atoms with Crippen LogP contribution in [0.3, 0.4) is 0 Å². The molecule has 4 fully saturated rings. The van der Waals surface area contributed by atoms with Gasteiger partial charge in [0.1, 0.15) is 0 Å². The Balaban J connectivity index is 1.36. The molecule has 0 aromatic carbocycles. The van der Waals surface area contributed by atoms with E-state index in [-0.39, 0.29) is 0 Å². The first-order chi connectivity index (χ1) is 12.3. The topological polar surface area (TPSA) is 52.1 Å². The first-order valence-electron chi connectivity index (χ1n) is 10.5. The highest BCUT2D eigenvalue weighted by Gasteiger charge is 2.31. The molecular formula is C19H37N5O. The Morgan fingerprint density at radius 2 is 1.80 bits per heavy atom. The van der Waals surface area contributed by atoms with Gasteiger partial charge in [-0.05, 0) is 19.8 Å². The monoisotopic (exact) mass is 351 g/mol. The second-order valence-electron chi connectivity index (χ2n) is 7.62. The first kappa shape index (κ1) is 18.9.